The molecule has 0 aromatic carbocycles. The Kier molecular flexibility index (Phi) is 8.76. The lowest BCUT2D eigenvalue weighted by Crippen LogP contribution is -2.30. The Labute approximate surface area is 201 Å². The van der Waals surface area contributed by atoms with Crippen LogP contribution in [0.1, 0.15) is 59.1 Å². The normalized spacial score (nSPS) is 21.7. The zero-order valence-electron chi connectivity index (χ0n) is 19.1. The van der Waals surface area contributed by atoms with Crippen LogP contribution in [0.25, 0.3) is 0 Å². The van der Waals surface area contributed by atoms with Crippen molar-refractivity contribution in [2.75, 3.05) is 26.2 Å². The van der Waals surface area contributed by atoms with E-state index in [0.717, 1.165) is 66.9 Å². The van der Waals surface area contributed by atoms with Crippen molar-refractivity contribution in [3.63, 3.8) is 0 Å². The molecule has 1 saturated carbocycles. The molecule has 1 fully saturated rings. The third-order valence-corrected chi connectivity index (χ3v) is 8.57. The molecule has 1 aliphatic carbocycles. The summed E-state index contributed by atoms with van der Waals surface area (Å²) in [6.07, 6.45) is 6.33. The van der Waals surface area contributed by atoms with Gasteiger partial charge in [0.1, 0.15) is 15.8 Å². The van der Waals surface area contributed by atoms with Crippen molar-refractivity contribution in [2.45, 2.75) is 71.1 Å². The third kappa shape index (κ3) is 7.48. The molecule has 4 rings (SSSR count). The van der Waals surface area contributed by atoms with Crippen molar-refractivity contribution in [1.82, 2.24) is 20.1 Å². The van der Waals surface area contributed by atoms with E-state index in [2.05, 4.69) is 20.1 Å². The van der Waals surface area contributed by atoms with E-state index in [9.17, 15) is 13.6 Å². The molecule has 3 heterocycles. The summed E-state index contributed by atoms with van der Waals surface area (Å²) in [5, 5.41) is 10.2. The third-order valence-electron chi connectivity index (χ3n) is 6.66. The van der Waals surface area contributed by atoms with E-state index in [-0.39, 0.29) is 0 Å². The van der Waals surface area contributed by atoms with Crippen molar-refractivity contribution >= 4 is 28.5 Å². The minimum absolute atomic E-state index is 0.294. The first kappa shape index (κ1) is 24.6. The maximum atomic E-state index is 12.4. The highest BCUT2D eigenvalue weighted by Gasteiger charge is 2.25. The Morgan fingerprint density at radius 2 is 1.88 bits per heavy atom. The summed E-state index contributed by atoms with van der Waals surface area (Å²) in [7, 11) is 0. The molecule has 33 heavy (non-hydrogen) atoms. The zero-order chi connectivity index (χ0) is 23.2. The largest absolute Gasteiger partial charge is 0.464 e. The van der Waals surface area contributed by atoms with E-state index in [1.165, 1.54) is 46.8 Å². The predicted octanol–water partition coefficient (Wildman–Crippen LogP) is 4.75. The quantitative estimate of drug-likeness (QED) is 0.471. The van der Waals surface area contributed by atoms with Gasteiger partial charge in [-0.3, -0.25) is 4.79 Å². The average Bonchev–Trinajstić information content (AvgIpc) is 3.32. The first-order valence-electron chi connectivity index (χ1n) is 11.9. The standard InChI is InChI=1S/C23H32F2N4O2S2/c1-15-27-28-22(32-15)13-18(30)12-17-4-2-16(3-5-17)6-9-29-10-7-19-20(8-11-29)33-23(26-19)31-14-21(24)25/h16-17,21H,2-14H2,1H3. The fourth-order valence-electron chi connectivity index (χ4n) is 4.87. The van der Waals surface area contributed by atoms with E-state index in [1.807, 2.05) is 6.92 Å². The molecule has 2 aliphatic rings. The number of aryl methyl sites for hydroxylation is 1. The van der Waals surface area contributed by atoms with Gasteiger partial charge < -0.3 is 9.64 Å². The van der Waals surface area contributed by atoms with Gasteiger partial charge in [-0.1, -0.05) is 24.2 Å². The van der Waals surface area contributed by atoms with Crippen LogP contribution in [0.15, 0.2) is 0 Å². The Morgan fingerprint density at radius 1 is 1.12 bits per heavy atom. The van der Waals surface area contributed by atoms with E-state index < -0.39 is 13.0 Å². The first-order valence-corrected chi connectivity index (χ1v) is 13.5. The summed E-state index contributed by atoms with van der Waals surface area (Å²) in [6.45, 7) is 4.37. The van der Waals surface area contributed by atoms with Crippen LogP contribution in [-0.4, -0.2) is 58.5 Å². The number of ether oxygens (including phenoxy) is 1. The van der Waals surface area contributed by atoms with Crippen molar-refractivity contribution in [1.29, 1.82) is 0 Å². The Hall–Kier alpha value is -1.52. The minimum Gasteiger partial charge on any atom is -0.464 e. The van der Waals surface area contributed by atoms with Crippen LogP contribution in [0, 0.1) is 18.8 Å². The lowest BCUT2D eigenvalue weighted by Gasteiger charge is -2.30. The van der Waals surface area contributed by atoms with Crippen LogP contribution >= 0.6 is 22.7 Å². The van der Waals surface area contributed by atoms with Gasteiger partial charge >= 0.3 is 0 Å². The Balaban J connectivity index is 1.13. The predicted molar refractivity (Wildman–Crippen MR) is 126 cm³/mol. The number of ketones is 1. The van der Waals surface area contributed by atoms with Crippen molar-refractivity contribution in [3.8, 4) is 5.19 Å². The maximum absolute atomic E-state index is 12.4. The topological polar surface area (TPSA) is 68.2 Å². The molecule has 2 aromatic heterocycles. The molecule has 0 amide bonds. The smallest absolute Gasteiger partial charge is 0.273 e. The highest BCUT2D eigenvalue weighted by Crippen LogP contribution is 2.34. The summed E-state index contributed by atoms with van der Waals surface area (Å²) in [4.78, 5) is 20.5. The number of rotatable bonds is 10. The molecule has 0 saturated heterocycles. The number of carbonyl (C=O) groups excluding carboxylic acids is 1. The minimum atomic E-state index is -2.47. The number of fused-ring (bicyclic) bond motifs is 1. The molecule has 10 heteroatoms. The SMILES string of the molecule is Cc1nnc(CC(=O)CC2CCC(CCN3CCc4nc(OCC(F)F)sc4CC3)CC2)s1. The number of halogens is 2. The number of aromatic nitrogens is 3. The van der Waals surface area contributed by atoms with Gasteiger partial charge in [-0.2, -0.15) is 0 Å². The second-order valence-corrected chi connectivity index (χ2v) is 11.5. The second kappa shape index (κ2) is 11.8. The fraction of sp³-hybridized carbons (Fsp3) is 0.739. The Morgan fingerprint density at radius 3 is 2.61 bits per heavy atom. The fourth-order valence-corrected chi connectivity index (χ4v) is 6.56. The number of carbonyl (C=O) groups is 1. The number of thiazole rings is 1. The second-order valence-electron chi connectivity index (χ2n) is 9.20. The number of alkyl halides is 2. The molecule has 1 aliphatic heterocycles. The molecule has 0 N–H and O–H groups in total. The molecule has 0 bridgehead atoms. The van der Waals surface area contributed by atoms with Crippen LogP contribution in [0.2, 0.25) is 0 Å². The van der Waals surface area contributed by atoms with Gasteiger partial charge in [0.2, 0.25) is 0 Å². The number of Topliss-reactive ketones (excluding diaryl/α,β-unsaturated/α-hetero) is 1. The lowest BCUT2D eigenvalue weighted by atomic mass is 9.78. The van der Waals surface area contributed by atoms with Crippen LogP contribution in [0.4, 0.5) is 8.78 Å². The highest BCUT2D eigenvalue weighted by atomic mass is 32.1. The number of hydrogen-bond acceptors (Lipinski definition) is 8. The van der Waals surface area contributed by atoms with Gasteiger partial charge in [-0.05, 0) is 51.0 Å². The van der Waals surface area contributed by atoms with E-state index in [4.69, 9.17) is 4.74 Å². The van der Waals surface area contributed by atoms with Crippen molar-refractivity contribution in [2.24, 2.45) is 11.8 Å². The van der Waals surface area contributed by atoms with Crippen molar-refractivity contribution < 1.29 is 18.3 Å². The summed E-state index contributed by atoms with van der Waals surface area (Å²) in [6, 6.07) is 0. The monoisotopic (exact) mass is 498 g/mol. The summed E-state index contributed by atoms with van der Waals surface area (Å²) in [5.74, 6) is 1.56. The van der Waals surface area contributed by atoms with E-state index in [0.29, 0.717) is 29.7 Å². The molecule has 182 valence electrons. The van der Waals surface area contributed by atoms with Crippen LogP contribution in [0.3, 0.4) is 0 Å². The van der Waals surface area contributed by atoms with Crippen LogP contribution < -0.4 is 4.74 Å². The van der Waals surface area contributed by atoms with Gasteiger partial charge in [0.05, 0.1) is 12.1 Å². The maximum Gasteiger partial charge on any atom is 0.273 e. The molecule has 0 atom stereocenters. The average molecular weight is 499 g/mol. The molecular weight excluding hydrogens is 466 g/mol. The Bertz CT molecular complexity index is 887. The molecule has 0 spiro atoms. The van der Waals surface area contributed by atoms with Crippen LogP contribution in [-0.2, 0) is 24.1 Å². The molecule has 2 aromatic rings. The van der Waals surface area contributed by atoms with E-state index in [1.54, 1.807) is 0 Å². The highest BCUT2D eigenvalue weighted by molar-refractivity contribution is 7.13. The number of hydrogen-bond donors (Lipinski definition) is 0. The first-order chi connectivity index (χ1) is 15.9. The van der Waals surface area contributed by atoms with Crippen molar-refractivity contribution in [3.05, 3.63) is 20.6 Å². The molecule has 0 radical (unpaired) electrons. The van der Waals surface area contributed by atoms with Gasteiger partial charge in [-0.25, -0.2) is 13.8 Å². The van der Waals surface area contributed by atoms with Gasteiger partial charge in [0.15, 0.2) is 6.61 Å². The zero-order valence-corrected chi connectivity index (χ0v) is 20.7. The van der Waals surface area contributed by atoms with Crippen LogP contribution in [0.5, 0.6) is 5.19 Å². The molecular formula is C23H32F2N4O2S2. The van der Waals surface area contributed by atoms with Gasteiger partial charge in [0, 0.05) is 30.8 Å². The van der Waals surface area contributed by atoms with E-state index >= 15 is 0 Å². The summed E-state index contributed by atoms with van der Waals surface area (Å²) >= 11 is 2.93. The number of nitrogens with zero attached hydrogens (tertiary/aromatic N) is 4. The molecule has 6 nitrogen and oxygen atoms in total. The van der Waals surface area contributed by atoms with Gasteiger partial charge in [0.25, 0.3) is 11.6 Å². The van der Waals surface area contributed by atoms with Gasteiger partial charge in [-0.15, -0.1) is 21.5 Å². The lowest BCUT2D eigenvalue weighted by molar-refractivity contribution is -0.119. The summed E-state index contributed by atoms with van der Waals surface area (Å²) in [5.41, 5.74) is 1.01. The molecule has 0 unspecified atom stereocenters. The summed E-state index contributed by atoms with van der Waals surface area (Å²) < 4.78 is 29.8.